The van der Waals surface area contributed by atoms with Crippen LogP contribution in [0.15, 0.2) is 79.1 Å². The maximum Gasteiger partial charge on any atom is 0.416 e. The van der Waals surface area contributed by atoms with Gasteiger partial charge in [0.15, 0.2) is 0 Å². The molecule has 0 aliphatic carbocycles. The van der Waals surface area contributed by atoms with E-state index in [1.165, 1.54) is 49.7 Å². The summed E-state index contributed by atoms with van der Waals surface area (Å²) in [5.41, 5.74) is 0.395. The largest absolute Gasteiger partial charge is 0.497 e. The van der Waals surface area contributed by atoms with Crippen molar-refractivity contribution in [2.45, 2.75) is 12.7 Å². The summed E-state index contributed by atoms with van der Waals surface area (Å²) in [5.74, 6) is 0.344. The van der Waals surface area contributed by atoms with Crippen molar-refractivity contribution in [1.29, 1.82) is 0 Å². The van der Waals surface area contributed by atoms with Gasteiger partial charge in [-0.25, -0.2) is 14.8 Å². The van der Waals surface area contributed by atoms with E-state index in [1.807, 2.05) is 42.3 Å². The molecule has 1 fully saturated rings. The number of hydrogen-bond acceptors (Lipinski definition) is 8. The molecule has 2 heterocycles. The second-order valence-corrected chi connectivity index (χ2v) is 11.1. The zero-order chi connectivity index (χ0) is 33.6. The molecule has 1 aliphatic heterocycles. The Kier molecular flexibility index (Phi) is 10.2. The fourth-order valence-electron chi connectivity index (χ4n) is 5.01. The Labute approximate surface area is 270 Å². The number of likely N-dealkylation sites (N-methyl/N-ethyl adjacent to an activating group) is 1. The highest BCUT2D eigenvalue weighted by Crippen LogP contribution is 2.34. The average molecular weight is 649 g/mol. The fraction of sp³-hybridized carbons (Fsp3) is 0.273. The lowest BCUT2D eigenvalue weighted by molar-refractivity contribution is -0.138. The van der Waals surface area contributed by atoms with Crippen molar-refractivity contribution >= 4 is 40.6 Å². The minimum atomic E-state index is -4.64. The molecule has 1 aromatic heterocycles. The first-order chi connectivity index (χ1) is 22.5. The van der Waals surface area contributed by atoms with Gasteiger partial charge in [-0.05, 0) is 42.9 Å². The van der Waals surface area contributed by atoms with Crippen LogP contribution in [0.2, 0.25) is 0 Å². The molecule has 5 rings (SSSR count). The van der Waals surface area contributed by atoms with E-state index in [-0.39, 0.29) is 29.0 Å². The number of benzene rings is 3. The number of piperazine rings is 1. The van der Waals surface area contributed by atoms with Crippen molar-refractivity contribution in [2.24, 2.45) is 0 Å². The first kappa shape index (κ1) is 33.2. The maximum absolute atomic E-state index is 14.1. The number of nitrogens with zero attached hydrogens (tertiary/aromatic N) is 5. The molecule has 0 spiro atoms. The number of methoxy groups -OCH3 is 1. The lowest BCUT2D eigenvalue weighted by Gasteiger charge is -2.33. The summed E-state index contributed by atoms with van der Waals surface area (Å²) in [5, 5.41) is 8.50. The highest BCUT2D eigenvalue weighted by molar-refractivity contribution is 6.05. The molecule has 3 N–H and O–H groups in total. The van der Waals surface area contributed by atoms with Gasteiger partial charge < -0.3 is 25.6 Å². The van der Waals surface area contributed by atoms with Gasteiger partial charge >= 0.3 is 12.2 Å². The standard InChI is InChI=1S/C33H35F3N8O3/c1-42-11-13-44(14-12-42)20-23-10-9-22(15-28(23)33(34,35)36)31(45)40-25-16-26(18-27(17-25)47-3)41-32(46)43(2)30-19-29(37-21-38-30)39-24-7-5-4-6-8-24/h4-10,15-19,21H,11-14,20H2,1-3H3,(H,40,45)(H,41,46)(H,37,38,39). The number of carbonyl (C=O) groups excluding carboxylic acids is 2. The van der Waals surface area contributed by atoms with Crippen LogP contribution in [-0.2, 0) is 12.7 Å². The molecule has 3 aromatic carbocycles. The van der Waals surface area contributed by atoms with Gasteiger partial charge in [-0.1, -0.05) is 24.3 Å². The third-order valence-corrected chi connectivity index (χ3v) is 7.67. The van der Waals surface area contributed by atoms with Gasteiger partial charge in [-0.15, -0.1) is 0 Å². The van der Waals surface area contributed by atoms with Crippen LogP contribution in [0.5, 0.6) is 5.75 Å². The molecule has 3 amide bonds. The molecule has 47 heavy (non-hydrogen) atoms. The van der Waals surface area contributed by atoms with E-state index in [4.69, 9.17) is 4.74 Å². The van der Waals surface area contributed by atoms with Crippen molar-refractivity contribution in [3.05, 3.63) is 95.8 Å². The maximum atomic E-state index is 14.1. The smallest absolute Gasteiger partial charge is 0.416 e. The zero-order valence-corrected chi connectivity index (χ0v) is 26.1. The monoisotopic (exact) mass is 648 g/mol. The molecule has 0 saturated carbocycles. The predicted octanol–water partition coefficient (Wildman–Crippen LogP) is 5.92. The highest BCUT2D eigenvalue weighted by Gasteiger charge is 2.34. The molecule has 1 aliphatic rings. The van der Waals surface area contributed by atoms with Crippen LogP contribution in [-0.4, -0.2) is 79.1 Å². The number of halogens is 3. The number of anilines is 5. The van der Waals surface area contributed by atoms with Gasteiger partial charge in [0, 0.05) is 80.6 Å². The molecule has 0 unspecified atom stereocenters. The molecule has 0 radical (unpaired) electrons. The lowest BCUT2D eigenvalue weighted by Crippen LogP contribution is -2.44. The fourth-order valence-corrected chi connectivity index (χ4v) is 5.01. The Morgan fingerprint density at radius 1 is 0.894 bits per heavy atom. The number of aromatic nitrogens is 2. The van der Waals surface area contributed by atoms with E-state index in [2.05, 4.69) is 30.8 Å². The van der Waals surface area contributed by atoms with E-state index < -0.39 is 23.7 Å². The van der Waals surface area contributed by atoms with Crippen LogP contribution >= 0.6 is 0 Å². The van der Waals surface area contributed by atoms with Crippen LogP contribution in [0.1, 0.15) is 21.5 Å². The number of carbonyl (C=O) groups is 2. The minimum absolute atomic E-state index is 0.112. The topological polar surface area (TPSA) is 115 Å². The van der Waals surface area contributed by atoms with Crippen LogP contribution in [0.25, 0.3) is 0 Å². The number of urea groups is 1. The van der Waals surface area contributed by atoms with Crippen LogP contribution in [0.4, 0.5) is 46.7 Å². The third-order valence-electron chi connectivity index (χ3n) is 7.67. The summed E-state index contributed by atoms with van der Waals surface area (Å²) in [4.78, 5) is 40.1. The Morgan fingerprint density at radius 3 is 2.28 bits per heavy atom. The molecule has 11 nitrogen and oxygen atoms in total. The molecule has 0 atom stereocenters. The lowest BCUT2D eigenvalue weighted by atomic mass is 10.0. The normalized spacial score (nSPS) is 13.9. The minimum Gasteiger partial charge on any atom is -0.497 e. The first-order valence-electron chi connectivity index (χ1n) is 14.8. The molecule has 1 saturated heterocycles. The van der Waals surface area contributed by atoms with Crippen molar-refractivity contribution in [3.8, 4) is 5.75 Å². The highest BCUT2D eigenvalue weighted by atomic mass is 19.4. The number of alkyl halides is 3. The number of ether oxygens (including phenoxy) is 1. The van der Waals surface area contributed by atoms with Crippen molar-refractivity contribution < 1.29 is 27.5 Å². The van der Waals surface area contributed by atoms with Gasteiger partial charge in [0.05, 0.1) is 12.7 Å². The number of hydrogen-bond donors (Lipinski definition) is 3. The average Bonchev–Trinajstić information content (AvgIpc) is 3.05. The van der Waals surface area contributed by atoms with Crippen molar-refractivity contribution in [3.63, 3.8) is 0 Å². The van der Waals surface area contributed by atoms with Gasteiger partial charge in [0.1, 0.15) is 23.7 Å². The van der Waals surface area contributed by atoms with Crippen LogP contribution in [0, 0.1) is 0 Å². The number of para-hydroxylation sites is 1. The first-order valence-corrected chi connectivity index (χ1v) is 14.8. The summed E-state index contributed by atoms with van der Waals surface area (Å²) in [6.07, 6.45) is -3.31. The zero-order valence-electron chi connectivity index (χ0n) is 26.1. The molecule has 0 bridgehead atoms. The SMILES string of the molecule is COc1cc(NC(=O)c2ccc(CN3CCN(C)CC3)c(C(F)(F)F)c2)cc(NC(=O)N(C)c2cc(Nc3ccccc3)ncn2)c1. The summed E-state index contributed by atoms with van der Waals surface area (Å²) < 4.78 is 47.6. The Morgan fingerprint density at radius 2 is 1.60 bits per heavy atom. The van der Waals surface area contributed by atoms with Gasteiger partial charge in [0.25, 0.3) is 5.91 Å². The van der Waals surface area contributed by atoms with Gasteiger partial charge in [0.2, 0.25) is 0 Å². The Balaban J connectivity index is 1.29. The molecule has 4 aromatic rings. The molecule has 14 heteroatoms. The second-order valence-electron chi connectivity index (χ2n) is 11.1. The van der Waals surface area contributed by atoms with E-state index in [0.717, 1.165) is 24.8 Å². The number of amides is 3. The quantitative estimate of drug-likeness (QED) is 0.205. The van der Waals surface area contributed by atoms with E-state index in [0.29, 0.717) is 30.5 Å². The van der Waals surface area contributed by atoms with Gasteiger partial charge in [-0.2, -0.15) is 13.2 Å². The molecule has 246 valence electrons. The Bertz CT molecular complexity index is 1710. The third kappa shape index (κ3) is 8.74. The van der Waals surface area contributed by atoms with Gasteiger partial charge in [-0.3, -0.25) is 14.6 Å². The predicted molar refractivity (Wildman–Crippen MR) is 174 cm³/mol. The second kappa shape index (κ2) is 14.5. The van der Waals surface area contributed by atoms with E-state index in [1.54, 1.807) is 12.1 Å². The van der Waals surface area contributed by atoms with Crippen LogP contribution in [0.3, 0.4) is 0 Å². The number of rotatable bonds is 9. The number of nitrogens with one attached hydrogen (secondary N) is 3. The summed E-state index contributed by atoms with van der Waals surface area (Å²) in [7, 11) is 4.91. The van der Waals surface area contributed by atoms with Crippen molar-refractivity contribution in [2.75, 3.05) is 68.2 Å². The summed E-state index contributed by atoms with van der Waals surface area (Å²) >= 11 is 0. The molecular formula is C33H35F3N8O3. The van der Waals surface area contributed by atoms with E-state index in [9.17, 15) is 22.8 Å². The Hall–Kier alpha value is -5.21. The van der Waals surface area contributed by atoms with E-state index >= 15 is 0 Å². The summed E-state index contributed by atoms with van der Waals surface area (Å²) in [6, 6.07) is 18.6. The van der Waals surface area contributed by atoms with Crippen LogP contribution < -0.4 is 25.6 Å². The van der Waals surface area contributed by atoms with Crippen molar-refractivity contribution in [1.82, 2.24) is 19.8 Å². The summed E-state index contributed by atoms with van der Waals surface area (Å²) in [6.45, 7) is 3.00. The molecular weight excluding hydrogens is 613 g/mol.